The van der Waals surface area contributed by atoms with Crippen molar-refractivity contribution in [1.29, 1.82) is 0 Å². The van der Waals surface area contributed by atoms with Crippen LogP contribution in [-0.2, 0) is 0 Å². The van der Waals surface area contributed by atoms with Gasteiger partial charge in [-0.3, -0.25) is 0 Å². The molecule has 0 saturated heterocycles. The standard InChI is InChI=1S/C13H16ClNOS/c1-6-5-17-13(10(6)14)12(16)11-8(3)7(2)9(4)15-11/h5,12,15-16H,1-4H3. The molecule has 2 N–H and O–H groups in total. The van der Waals surface area contributed by atoms with Crippen molar-refractivity contribution in [3.63, 3.8) is 0 Å². The van der Waals surface area contributed by atoms with E-state index in [1.807, 2.05) is 26.2 Å². The Morgan fingerprint density at radius 3 is 2.29 bits per heavy atom. The van der Waals surface area contributed by atoms with E-state index in [0.717, 1.165) is 27.4 Å². The van der Waals surface area contributed by atoms with Crippen LogP contribution in [0.5, 0.6) is 0 Å². The first-order valence-electron chi connectivity index (χ1n) is 5.50. The van der Waals surface area contributed by atoms with Gasteiger partial charge in [-0.2, -0.15) is 0 Å². The van der Waals surface area contributed by atoms with Crippen molar-refractivity contribution >= 4 is 22.9 Å². The van der Waals surface area contributed by atoms with E-state index in [1.54, 1.807) is 0 Å². The van der Waals surface area contributed by atoms with E-state index in [2.05, 4.69) is 11.9 Å². The summed E-state index contributed by atoms with van der Waals surface area (Å²) in [6.07, 6.45) is -0.659. The summed E-state index contributed by atoms with van der Waals surface area (Å²) in [5.74, 6) is 0. The first-order valence-corrected chi connectivity index (χ1v) is 6.76. The number of rotatable bonds is 2. The van der Waals surface area contributed by atoms with Gasteiger partial charge in [0.1, 0.15) is 6.10 Å². The highest BCUT2D eigenvalue weighted by Crippen LogP contribution is 2.37. The van der Waals surface area contributed by atoms with Crippen LogP contribution in [0.15, 0.2) is 5.38 Å². The number of aryl methyl sites for hydroxylation is 2. The number of aromatic amines is 1. The average molecular weight is 270 g/mol. The van der Waals surface area contributed by atoms with Crippen LogP contribution >= 0.6 is 22.9 Å². The Labute approximate surface area is 110 Å². The molecule has 0 aliphatic heterocycles. The van der Waals surface area contributed by atoms with Gasteiger partial charge in [-0.05, 0) is 49.8 Å². The van der Waals surface area contributed by atoms with Crippen LogP contribution in [0, 0.1) is 27.7 Å². The summed E-state index contributed by atoms with van der Waals surface area (Å²) in [6, 6.07) is 0. The van der Waals surface area contributed by atoms with Crippen molar-refractivity contribution in [2.45, 2.75) is 33.8 Å². The van der Waals surface area contributed by atoms with E-state index in [9.17, 15) is 5.11 Å². The number of nitrogens with one attached hydrogen (secondary N) is 1. The van der Waals surface area contributed by atoms with Crippen molar-refractivity contribution < 1.29 is 5.11 Å². The van der Waals surface area contributed by atoms with Gasteiger partial charge >= 0.3 is 0 Å². The maximum absolute atomic E-state index is 10.4. The van der Waals surface area contributed by atoms with E-state index >= 15 is 0 Å². The highest BCUT2D eigenvalue weighted by atomic mass is 35.5. The predicted octanol–water partition coefficient (Wildman–Crippen LogP) is 4.04. The number of halogens is 1. The second kappa shape index (κ2) is 4.48. The third-order valence-electron chi connectivity index (χ3n) is 3.30. The van der Waals surface area contributed by atoms with Gasteiger partial charge in [0.25, 0.3) is 0 Å². The lowest BCUT2D eigenvalue weighted by molar-refractivity contribution is 0.219. The molecule has 4 heteroatoms. The Kier molecular flexibility index (Phi) is 3.34. The highest BCUT2D eigenvalue weighted by Gasteiger charge is 2.21. The molecule has 2 heterocycles. The quantitative estimate of drug-likeness (QED) is 0.848. The lowest BCUT2D eigenvalue weighted by Crippen LogP contribution is -2.00. The Hall–Kier alpha value is -0.770. The van der Waals surface area contributed by atoms with Crippen LogP contribution < -0.4 is 0 Å². The zero-order valence-corrected chi connectivity index (χ0v) is 12.0. The molecule has 0 saturated carbocycles. The molecule has 1 unspecified atom stereocenters. The third kappa shape index (κ3) is 2.03. The topological polar surface area (TPSA) is 36.0 Å². The molecule has 17 heavy (non-hydrogen) atoms. The molecule has 0 amide bonds. The second-order valence-electron chi connectivity index (χ2n) is 4.41. The van der Waals surface area contributed by atoms with Crippen LogP contribution in [0.4, 0.5) is 0 Å². The summed E-state index contributed by atoms with van der Waals surface area (Å²) in [5, 5.41) is 13.0. The van der Waals surface area contributed by atoms with Crippen LogP contribution in [0.2, 0.25) is 5.02 Å². The maximum Gasteiger partial charge on any atom is 0.130 e. The lowest BCUT2D eigenvalue weighted by Gasteiger charge is -2.09. The van der Waals surface area contributed by atoms with Gasteiger partial charge in [0, 0.05) is 5.69 Å². The van der Waals surface area contributed by atoms with Crippen molar-refractivity contribution in [1.82, 2.24) is 4.98 Å². The molecule has 0 bridgehead atoms. The van der Waals surface area contributed by atoms with Crippen LogP contribution in [-0.4, -0.2) is 10.1 Å². The summed E-state index contributed by atoms with van der Waals surface area (Å²) in [4.78, 5) is 4.06. The van der Waals surface area contributed by atoms with Gasteiger partial charge in [0.2, 0.25) is 0 Å². The molecule has 0 spiro atoms. The second-order valence-corrected chi connectivity index (χ2v) is 5.70. The largest absolute Gasteiger partial charge is 0.381 e. The summed E-state index contributed by atoms with van der Waals surface area (Å²) in [7, 11) is 0. The van der Waals surface area contributed by atoms with Crippen LogP contribution in [0.25, 0.3) is 0 Å². The van der Waals surface area contributed by atoms with Gasteiger partial charge in [-0.15, -0.1) is 11.3 Å². The minimum absolute atomic E-state index is 0.659. The zero-order valence-electron chi connectivity index (χ0n) is 10.4. The summed E-state index contributed by atoms with van der Waals surface area (Å²) in [5.41, 5.74) is 5.27. The number of aliphatic hydroxyl groups is 1. The Bertz CT molecular complexity index is 556. The van der Waals surface area contributed by atoms with Gasteiger partial charge < -0.3 is 10.1 Å². The van der Waals surface area contributed by atoms with Gasteiger partial charge in [-0.25, -0.2) is 0 Å². The fourth-order valence-electron chi connectivity index (χ4n) is 1.91. The monoisotopic (exact) mass is 269 g/mol. The van der Waals surface area contributed by atoms with Crippen LogP contribution in [0.1, 0.15) is 39.1 Å². The number of hydrogen-bond acceptors (Lipinski definition) is 2. The molecule has 0 aliphatic rings. The normalized spacial score (nSPS) is 13.1. The van der Waals surface area contributed by atoms with Crippen molar-refractivity contribution in [3.05, 3.63) is 43.4 Å². The molecule has 2 aromatic heterocycles. The minimum Gasteiger partial charge on any atom is -0.381 e. The molecular weight excluding hydrogens is 254 g/mol. The molecule has 0 radical (unpaired) electrons. The molecule has 0 aromatic carbocycles. The third-order valence-corrected chi connectivity index (χ3v) is 5.06. The maximum atomic E-state index is 10.4. The summed E-state index contributed by atoms with van der Waals surface area (Å²) >= 11 is 7.69. The molecule has 1 atom stereocenters. The first-order chi connectivity index (χ1) is 7.93. The molecular formula is C13H16ClNOS. The lowest BCUT2D eigenvalue weighted by atomic mass is 10.1. The highest BCUT2D eigenvalue weighted by molar-refractivity contribution is 7.10. The van der Waals surface area contributed by atoms with Crippen molar-refractivity contribution in [2.24, 2.45) is 0 Å². The Morgan fingerprint density at radius 1 is 1.24 bits per heavy atom. The number of H-pyrrole nitrogens is 1. The molecule has 0 fully saturated rings. The minimum atomic E-state index is -0.659. The fourth-order valence-corrected chi connectivity index (χ4v) is 3.20. The molecule has 0 aliphatic carbocycles. The van der Waals surface area contributed by atoms with E-state index in [4.69, 9.17) is 11.6 Å². The van der Waals surface area contributed by atoms with Gasteiger partial charge in [0.05, 0.1) is 15.6 Å². The summed E-state index contributed by atoms with van der Waals surface area (Å²) < 4.78 is 0. The Balaban J connectivity index is 2.47. The van der Waals surface area contributed by atoms with E-state index in [-0.39, 0.29) is 0 Å². The molecule has 2 nitrogen and oxygen atoms in total. The SMILES string of the molecule is Cc1csc(C(O)c2[nH]c(C)c(C)c2C)c1Cl. The number of hydrogen-bond donors (Lipinski definition) is 2. The summed E-state index contributed by atoms with van der Waals surface area (Å²) in [6.45, 7) is 8.04. The number of thiophene rings is 1. The predicted molar refractivity (Wildman–Crippen MR) is 73.1 cm³/mol. The molecule has 92 valence electrons. The molecule has 2 rings (SSSR count). The first kappa shape index (κ1) is 12.7. The molecule has 2 aromatic rings. The average Bonchev–Trinajstić information content (AvgIpc) is 2.75. The number of aromatic nitrogens is 1. The fraction of sp³-hybridized carbons (Fsp3) is 0.385. The van der Waals surface area contributed by atoms with Crippen molar-refractivity contribution in [2.75, 3.05) is 0 Å². The van der Waals surface area contributed by atoms with Gasteiger partial charge in [-0.1, -0.05) is 11.6 Å². The smallest absolute Gasteiger partial charge is 0.130 e. The number of aliphatic hydroxyl groups excluding tert-OH is 1. The van der Waals surface area contributed by atoms with E-state index in [1.165, 1.54) is 16.9 Å². The van der Waals surface area contributed by atoms with E-state index in [0.29, 0.717) is 5.02 Å². The van der Waals surface area contributed by atoms with Crippen molar-refractivity contribution in [3.8, 4) is 0 Å². The zero-order chi connectivity index (χ0) is 12.7. The van der Waals surface area contributed by atoms with E-state index < -0.39 is 6.10 Å². The van der Waals surface area contributed by atoms with Gasteiger partial charge in [0.15, 0.2) is 0 Å². The van der Waals surface area contributed by atoms with Crippen LogP contribution in [0.3, 0.4) is 0 Å². The Morgan fingerprint density at radius 2 is 1.88 bits per heavy atom.